The fraction of sp³-hybridized carbons (Fsp3) is 0.643. The molecule has 1 saturated carbocycles. The molecule has 0 bridgehead atoms. The van der Waals surface area contributed by atoms with E-state index in [4.69, 9.17) is 0 Å². The summed E-state index contributed by atoms with van der Waals surface area (Å²) in [6, 6.07) is 3.48. The first-order valence-corrected chi connectivity index (χ1v) is 8.68. The standard InChI is InChI=1S/C14H23N3O2S/c1-3-15-12-8-7-11-16-13(12)20(18,19)17-14(2)9-5-4-6-10-14/h7-8,11,15,17H,3-6,9-10H2,1-2H3. The first kappa shape index (κ1) is 15.3. The SMILES string of the molecule is CCNc1cccnc1S(=O)(=O)NC1(C)CCCCC1. The summed E-state index contributed by atoms with van der Waals surface area (Å²) in [6.07, 6.45) is 6.61. The molecule has 2 rings (SSSR count). The summed E-state index contributed by atoms with van der Waals surface area (Å²) >= 11 is 0. The molecular formula is C14H23N3O2S. The molecule has 20 heavy (non-hydrogen) atoms. The van der Waals surface area contributed by atoms with E-state index in [-0.39, 0.29) is 10.6 Å². The van der Waals surface area contributed by atoms with Crippen LogP contribution in [0, 0.1) is 0 Å². The van der Waals surface area contributed by atoms with Crippen LogP contribution in [0.1, 0.15) is 46.0 Å². The Hall–Kier alpha value is -1.14. The van der Waals surface area contributed by atoms with Gasteiger partial charge in [-0.3, -0.25) is 0 Å². The summed E-state index contributed by atoms with van der Waals surface area (Å²) in [5.74, 6) is 0. The number of nitrogens with zero attached hydrogens (tertiary/aromatic N) is 1. The zero-order valence-corrected chi connectivity index (χ0v) is 13.0. The molecule has 0 unspecified atom stereocenters. The highest BCUT2D eigenvalue weighted by molar-refractivity contribution is 7.89. The minimum absolute atomic E-state index is 0.0913. The van der Waals surface area contributed by atoms with Crippen LogP contribution in [0.25, 0.3) is 0 Å². The van der Waals surface area contributed by atoms with Crippen molar-refractivity contribution >= 4 is 15.7 Å². The second-order valence-corrected chi connectivity index (χ2v) is 7.21. The number of sulfonamides is 1. The van der Waals surface area contributed by atoms with Crippen LogP contribution in [-0.2, 0) is 10.0 Å². The lowest BCUT2D eigenvalue weighted by Crippen LogP contribution is -2.47. The Balaban J connectivity index is 2.26. The van der Waals surface area contributed by atoms with Gasteiger partial charge in [-0.05, 0) is 38.8 Å². The molecule has 1 heterocycles. The van der Waals surface area contributed by atoms with Crippen LogP contribution < -0.4 is 10.0 Å². The second-order valence-electron chi connectivity index (χ2n) is 5.61. The van der Waals surface area contributed by atoms with E-state index >= 15 is 0 Å². The van der Waals surface area contributed by atoms with Crippen molar-refractivity contribution in [3.8, 4) is 0 Å². The van der Waals surface area contributed by atoms with Crippen LogP contribution in [0.5, 0.6) is 0 Å². The third kappa shape index (κ3) is 3.49. The highest BCUT2D eigenvalue weighted by atomic mass is 32.2. The smallest absolute Gasteiger partial charge is 0.260 e. The van der Waals surface area contributed by atoms with Gasteiger partial charge in [0.15, 0.2) is 5.03 Å². The Kier molecular flexibility index (Phi) is 4.65. The van der Waals surface area contributed by atoms with Gasteiger partial charge in [-0.1, -0.05) is 19.3 Å². The van der Waals surface area contributed by atoms with Gasteiger partial charge in [-0.25, -0.2) is 18.1 Å². The molecule has 1 aromatic heterocycles. The summed E-state index contributed by atoms with van der Waals surface area (Å²) < 4.78 is 28.0. The van der Waals surface area contributed by atoms with Crippen LogP contribution in [0.15, 0.2) is 23.4 Å². The van der Waals surface area contributed by atoms with E-state index in [1.165, 1.54) is 12.6 Å². The maximum atomic E-state index is 12.6. The molecule has 0 saturated heterocycles. The molecule has 0 aromatic carbocycles. The molecule has 5 nitrogen and oxygen atoms in total. The molecule has 0 amide bonds. The van der Waals surface area contributed by atoms with Crippen molar-refractivity contribution < 1.29 is 8.42 Å². The lowest BCUT2D eigenvalue weighted by Gasteiger charge is -2.34. The van der Waals surface area contributed by atoms with Gasteiger partial charge in [-0.2, -0.15) is 0 Å². The first-order chi connectivity index (χ1) is 9.47. The summed E-state index contributed by atoms with van der Waals surface area (Å²) in [5, 5.41) is 3.14. The average molecular weight is 297 g/mol. The highest BCUT2D eigenvalue weighted by Gasteiger charge is 2.33. The molecule has 6 heteroatoms. The van der Waals surface area contributed by atoms with Crippen molar-refractivity contribution in [1.82, 2.24) is 9.71 Å². The first-order valence-electron chi connectivity index (χ1n) is 7.20. The largest absolute Gasteiger partial charge is 0.383 e. The monoisotopic (exact) mass is 297 g/mol. The molecule has 112 valence electrons. The number of rotatable bonds is 5. The number of anilines is 1. The van der Waals surface area contributed by atoms with Crippen LogP contribution in [0.2, 0.25) is 0 Å². The second kappa shape index (κ2) is 6.10. The molecule has 2 N–H and O–H groups in total. The van der Waals surface area contributed by atoms with Crippen molar-refractivity contribution in [3.05, 3.63) is 18.3 Å². The fourth-order valence-electron chi connectivity index (χ4n) is 2.74. The zero-order chi connectivity index (χ0) is 14.6. The molecule has 0 atom stereocenters. The normalized spacial score (nSPS) is 18.7. The maximum absolute atomic E-state index is 12.6. The molecule has 1 aliphatic carbocycles. The van der Waals surface area contributed by atoms with E-state index in [1.807, 2.05) is 13.8 Å². The van der Waals surface area contributed by atoms with Crippen LogP contribution in [0.3, 0.4) is 0 Å². The Morgan fingerprint density at radius 2 is 2.00 bits per heavy atom. The third-order valence-electron chi connectivity index (χ3n) is 3.73. The van der Waals surface area contributed by atoms with Crippen molar-refractivity contribution in [2.45, 2.75) is 56.5 Å². The molecule has 0 spiro atoms. The Morgan fingerprint density at radius 1 is 1.30 bits per heavy atom. The average Bonchev–Trinajstić information content (AvgIpc) is 2.39. The fourth-order valence-corrected chi connectivity index (χ4v) is 4.32. The van der Waals surface area contributed by atoms with Gasteiger partial charge in [0.2, 0.25) is 0 Å². The van der Waals surface area contributed by atoms with Gasteiger partial charge in [0.05, 0.1) is 5.69 Å². The van der Waals surface area contributed by atoms with E-state index in [0.717, 1.165) is 25.7 Å². The van der Waals surface area contributed by atoms with Gasteiger partial charge in [0.25, 0.3) is 10.0 Å². The number of hydrogen-bond acceptors (Lipinski definition) is 4. The minimum atomic E-state index is -3.59. The van der Waals surface area contributed by atoms with Crippen molar-refractivity contribution in [3.63, 3.8) is 0 Å². The van der Waals surface area contributed by atoms with Crippen molar-refractivity contribution in [2.75, 3.05) is 11.9 Å². The summed E-state index contributed by atoms with van der Waals surface area (Å²) in [6.45, 7) is 4.57. The molecular weight excluding hydrogens is 274 g/mol. The molecule has 0 radical (unpaired) electrons. The predicted molar refractivity (Wildman–Crippen MR) is 80.2 cm³/mol. The zero-order valence-electron chi connectivity index (χ0n) is 12.1. The van der Waals surface area contributed by atoms with Crippen LogP contribution >= 0.6 is 0 Å². The van der Waals surface area contributed by atoms with Crippen LogP contribution in [-0.4, -0.2) is 25.5 Å². The van der Waals surface area contributed by atoms with Gasteiger partial charge in [-0.15, -0.1) is 0 Å². The number of nitrogens with one attached hydrogen (secondary N) is 2. The summed E-state index contributed by atoms with van der Waals surface area (Å²) in [5.41, 5.74) is 0.208. The molecule has 1 fully saturated rings. The number of aromatic nitrogens is 1. The molecule has 1 aromatic rings. The number of hydrogen-bond donors (Lipinski definition) is 2. The van der Waals surface area contributed by atoms with Crippen LogP contribution in [0.4, 0.5) is 5.69 Å². The summed E-state index contributed by atoms with van der Waals surface area (Å²) in [4.78, 5) is 4.05. The lowest BCUT2D eigenvalue weighted by molar-refractivity contribution is 0.293. The van der Waals surface area contributed by atoms with Gasteiger partial charge >= 0.3 is 0 Å². The van der Waals surface area contributed by atoms with E-state index in [9.17, 15) is 8.42 Å². The minimum Gasteiger partial charge on any atom is -0.383 e. The highest BCUT2D eigenvalue weighted by Crippen LogP contribution is 2.30. The molecule has 0 aliphatic heterocycles. The summed E-state index contributed by atoms with van der Waals surface area (Å²) in [7, 11) is -3.59. The van der Waals surface area contributed by atoms with Crippen molar-refractivity contribution in [2.24, 2.45) is 0 Å². The lowest BCUT2D eigenvalue weighted by atomic mass is 9.84. The van der Waals surface area contributed by atoms with E-state index in [0.29, 0.717) is 12.2 Å². The molecule has 1 aliphatic rings. The quantitative estimate of drug-likeness (QED) is 0.876. The van der Waals surface area contributed by atoms with Gasteiger partial charge in [0.1, 0.15) is 0 Å². The number of pyridine rings is 1. The topological polar surface area (TPSA) is 71.1 Å². The maximum Gasteiger partial charge on any atom is 0.260 e. The predicted octanol–water partition coefficient (Wildman–Crippen LogP) is 2.51. The third-order valence-corrected chi connectivity index (χ3v) is 5.33. The Labute approximate surface area is 121 Å². The van der Waals surface area contributed by atoms with Gasteiger partial charge < -0.3 is 5.32 Å². The Bertz CT molecular complexity index is 551. The van der Waals surface area contributed by atoms with Gasteiger partial charge in [0, 0.05) is 18.3 Å². The van der Waals surface area contributed by atoms with E-state index < -0.39 is 10.0 Å². The Morgan fingerprint density at radius 3 is 2.65 bits per heavy atom. The van der Waals surface area contributed by atoms with E-state index in [1.54, 1.807) is 12.1 Å². The van der Waals surface area contributed by atoms with E-state index in [2.05, 4.69) is 15.0 Å². The van der Waals surface area contributed by atoms with Crippen molar-refractivity contribution in [1.29, 1.82) is 0 Å².